The van der Waals surface area contributed by atoms with Crippen molar-refractivity contribution in [3.63, 3.8) is 0 Å². The van der Waals surface area contributed by atoms with Gasteiger partial charge in [-0.1, -0.05) is 0 Å². The normalized spacial score (nSPS) is 19.5. The third-order valence-corrected chi connectivity index (χ3v) is 3.55. The van der Waals surface area contributed by atoms with E-state index in [2.05, 4.69) is 9.97 Å². The fourth-order valence-electron chi connectivity index (χ4n) is 2.40. The van der Waals surface area contributed by atoms with Crippen molar-refractivity contribution in [1.82, 2.24) is 19.1 Å². The Morgan fingerprint density at radius 1 is 1.32 bits per heavy atom. The number of nitrogens with zero attached hydrogens (tertiary/aromatic N) is 4. The van der Waals surface area contributed by atoms with Crippen LogP contribution < -0.4 is 16.1 Å². The predicted octanol–water partition coefficient (Wildman–Crippen LogP) is -1.47. The van der Waals surface area contributed by atoms with Crippen LogP contribution in [0.5, 0.6) is 0 Å². The van der Waals surface area contributed by atoms with Crippen LogP contribution in [-0.2, 0) is 14.1 Å². The van der Waals surface area contributed by atoms with E-state index < -0.39 is 11.2 Å². The van der Waals surface area contributed by atoms with Crippen molar-refractivity contribution < 1.29 is 5.11 Å². The molecule has 0 bridgehead atoms. The van der Waals surface area contributed by atoms with Crippen molar-refractivity contribution in [2.24, 2.45) is 14.1 Å². The van der Waals surface area contributed by atoms with Crippen molar-refractivity contribution in [1.29, 1.82) is 0 Å². The Bertz CT molecular complexity index is 756. The lowest BCUT2D eigenvalue weighted by atomic mass is 10.3. The Balaban J connectivity index is 2.21. The quantitative estimate of drug-likeness (QED) is 0.656. The number of hydrogen-bond donors (Lipinski definition) is 2. The number of aromatic amines is 1. The van der Waals surface area contributed by atoms with E-state index in [-0.39, 0.29) is 6.10 Å². The van der Waals surface area contributed by atoms with Crippen LogP contribution in [0.1, 0.15) is 6.42 Å². The second-order valence-electron chi connectivity index (χ2n) is 4.85. The van der Waals surface area contributed by atoms with Crippen molar-refractivity contribution in [3.8, 4) is 0 Å². The van der Waals surface area contributed by atoms with Crippen LogP contribution in [0.15, 0.2) is 9.59 Å². The zero-order valence-electron chi connectivity index (χ0n) is 10.8. The summed E-state index contributed by atoms with van der Waals surface area (Å²) in [5.74, 6) is 0.518. The third-order valence-electron chi connectivity index (χ3n) is 3.55. The molecule has 2 aromatic rings. The largest absolute Gasteiger partial charge is 0.391 e. The molecule has 8 nitrogen and oxygen atoms in total. The fraction of sp³-hybridized carbons (Fsp3) is 0.545. The molecule has 3 heterocycles. The fourth-order valence-corrected chi connectivity index (χ4v) is 2.40. The molecule has 1 saturated heterocycles. The third kappa shape index (κ3) is 1.67. The van der Waals surface area contributed by atoms with Crippen LogP contribution in [0.4, 0.5) is 5.95 Å². The van der Waals surface area contributed by atoms with Gasteiger partial charge in [-0.15, -0.1) is 0 Å². The summed E-state index contributed by atoms with van der Waals surface area (Å²) >= 11 is 0. The predicted molar refractivity (Wildman–Crippen MR) is 69.4 cm³/mol. The molecule has 102 valence electrons. The first kappa shape index (κ1) is 12.0. The van der Waals surface area contributed by atoms with Gasteiger partial charge in [-0.2, -0.15) is 4.98 Å². The number of β-amino-alcohol motifs (C(OH)–C–C–N with tert-alkyl or cyclic N) is 1. The van der Waals surface area contributed by atoms with Crippen molar-refractivity contribution in [2.75, 3.05) is 18.0 Å². The molecule has 1 fully saturated rings. The van der Waals surface area contributed by atoms with Gasteiger partial charge in [0.1, 0.15) is 0 Å². The van der Waals surface area contributed by atoms with E-state index in [1.807, 2.05) is 4.90 Å². The monoisotopic (exact) mass is 265 g/mol. The average molecular weight is 265 g/mol. The number of anilines is 1. The summed E-state index contributed by atoms with van der Waals surface area (Å²) in [6, 6.07) is 0. The molecule has 8 heteroatoms. The van der Waals surface area contributed by atoms with Gasteiger partial charge in [0.05, 0.1) is 6.10 Å². The Morgan fingerprint density at radius 3 is 2.68 bits per heavy atom. The van der Waals surface area contributed by atoms with Gasteiger partial charge in [0.25, 0.3) is 5.56 Å². The molecule has 0 spiro atoms. The highest BCUT2D eigenvalue weighted by atomic mass is 16.3. The summed E-state index contributed by atoms with van der Waals surface area (Å²) in [6.45, 7) is 1.16. The molecule has 1 aliphatic rings. The van der Waals surface area contributed by atoms with E-state index in [4.69, 9.17) is 0 Å². The summed E-state index contributed by atoms with van der Waals surface area (Å²) < 4.78 is 2.38. The van der Waals surface area contributed by atoms with Gasteiger partial charge in [0, 0.05) is 27.2 Å². The molecule has 1 aliphatic heterocycles. The molecule has 0 aliphatic carbocycles. The van der Waals surface area contributed by atoms with Gasteiger partial charge < -0.3 is 15.0 Å². The van der Waals surface area contributed by atoms with Crippen molar-refractivity contribution in [3.05, 3.63) is 20.8 Å². The summed E-state index contributed by atoms with van der Waals surface area (Å²) in [5, 5.41) is 9.53. The Kier molecular flexibility index (Phi) is 2.49. The maximum atomic E-state index is 12.0. The van der Waals surface area contributed by atoms with Crippen LogP contribution >= 0.6 is 0 Å². The van der Waals surface area contributed by atoms with E-state index in [0.717, 1.165) is 4.57 Å². The molecule has 0 aromatic carbocycles. The lowest BCUT2D eigenvalue weighted by Crippen LogP contribution is -2.36. The Hall–Kier alpha value is -2.09. The highest BCUT2D eigenvalue weighted by Gasteiger charge is 2.24. The van der Waals surface area contributed by atoms with Gasteiger partial charge in [-0.3, -0.25) is 13.9 Å². The number of H-pyrrole nitrogens is 1. The number of aliphatic hydroxyl groups is 1. The van der Waals surface area contributed by atoms with E-state index in [1.165, 1.54) is 11.6 Å². The number of aromatic nitrogens is 4. The highest BCUT2D eigenvalue weighted by Crippen LogP contribution is 2.18. The Labute approximate surface area is 107 Å². The smallest absolute Gasteiger partial charge is 0.332 e. The molecular formula is C11H15N5O3. The van der Waals surface area contributed by atoms with Crippen molar-refractivity contribution >= 4 is 17.1 Å². The van der Waals surface area contributed by atoms with Crippen LogP contribution in [0.3, 0.4) is 0 Å². The van der Waals surface area contributed by atoms with Gasteiger partial charge in [-0.25, -0.2) is 4.79 Å². The lowest BCUT2D eigenvalue weighted by Gasteiger charge is -2.12. The molecule has 3 rings (SSSR count). The van der Waals surface area contributed by atoms with Crippen LogP contribution in [-0.4, -0.2) is 43.4 Å². The molecule has 0 unspecified atom stereocenters. The molecule has 2 N–H and O–H groups in total. The molecule has 0 amide bonds. The lowest BCUT2D eigenvalue weighted by molar-refractivity contribution is 0.198. The van der Waals surface area contributed by atoms with Crippen LogP contribution in [0.25, 0.3) is 11.2 Å². The zero-order chi connectivity index (χ0) is 13.7. The average Bonchev–Trinajstić information content (AvgIpc) is 3.00. The second kappa shape index (κ2) is 3.95. The molecule has 0 radical (unpaired) electrons. The van der Waals surface area contributed by atoms with E-state index in [9.17, 15) is 14.7 Å². The first-order valence-corrected chi connectivity index (χ1v) is 6.08. The highest BCUT2D eigenvalue weighted by molar-refractivity contribution is 5.73. The molecule has 2 aromatic heterocycles. The van der Waals surface area contributed by atoms with E-state index in [1.54, 1.807) is 7.05 Å². The standard InChI is InChI=1S/C11H15N5O3/c1-14-8-7(9(18)15(2)11(14)19)12-10(13-8)16-4-3-6(17)5-16/h6,17H,3-5H2,1-2H3,(H,12,13)/t6-/m0/s1. The number of hydrogen-bond acceptors (Lipinski definition) is 5. The van der Waals surface area contributed by atoms with E-state index >= 15 is 0 Å². The minimum atomic E-state index is -0.406. The summed E-state index contributed by atoms with van der Waals surface area (Å²) in [4.78, 5) is 32.9. The molecule has 1 atom stereocenters. The minimum Gasteiger partial charge on any atom is -0.391 e. The molecule has 0 saturated carbocycles. The zero-order valence-corrected chi connectivity index (χ0v) is 10.8. The first-order valence-electron chi connectivity index (χ1n) is 6.08. The number of nitrogens with one attached hydrogen (secondary N) is 1. The van der Waals surface area contributed by atoms with Gasteiger partial charge in [0.15, 0.2) is 11.2 Å². The summed E-state index contributed by atoms with van der Waals surface area (Å²) in [5.41, 5.74) is -0.154. The van der Waals surface area contributed by atoms with Crippen LogP contribution in [0, 0.1) is 0 Å². The number of rotatable bonds is 1. The maximum Gasteiger partial charge on any atom is 0.332 e. The molecular weight excluding hydrogens is 250 g/mol. The van der Waals surface area contributed by atoms with Gasteiger partial charge in [-0.05, 0) is 6.42 Å². The minimum absolute atomic E-state index is 0.306. The summed E-state index contributed by atoms with van der Waals surface area (Å²) in [7, 11) is 3.01. The Morgan fingerprint density at radius 2 is 2.05 bits per heavy atom. The second-order valence-corrected chi connectivity index (χ2v) is 4.85. The number of fused-ring (bicyclic) bond motifs is 1. The topological polar surface area (TPSA) is 96.2 Å². The van der Waals surface area contributed by atoms with Crippen molar-refractivity contribution in [2.45, 2.75) is 12.5 Å². The first-order chi connectivity index (χ1) is 8.99. The summed E-state index contributed by atoms with van der Waals surface area (Å²) in [6.07, 6.45) is 0.299. The number of imidazole rings is 1. The van der Waals surface area contributed by atoms with Gasteiger partial charge in [0.2, 0.25) is 5.95 Å². The molecule has 19 heavy (non-hydrogen) atoms. The number of aliphatic hydroxyl groups excluding tert-OH is 1. The maximum absolute atomic E-state index is 12.0. The van der Waals surface area contributed by atoms with E-state index in [0.29, 0.717) is 36.6 Å². The van der Waals surface area contributed by atoms with Gasteiger partial charge >= 0.3 is 5.69 Å². The van der Waals surface area contributed by atoms with Crippen LogP contribution in [0.2, 0.25) is 0 Å². The SMILES string of the molecule is Cn1c(=O)c2[nH]c(N3CC[C@H](O)C3)nc2n(C)c1=O. The number of aryl methyl sites for hydroxylation is 1.